The van der Waals surface area contributed by atoms with Gasteiger partial charge in [0.15, 0.2) is 5.82 Å². The third-order valence-corrected chi connectivity index (χ3v) is 1.18. The molecule has 11 heavy (non-hydrogen) atoms. The Kier molecular flexibility index (Phi) is 4.81. The van der Waals surface area contributed by atoms with E-state index in [1.54, 1.807) is 18.1 Å². The fraction of sp³-hybridized carbons (Fsp3) is 0.667. The van der Waals surface area contributed by atoms with Crippen LogP contribution in [0.25, 0.3) is 0 Å². The van der Waals surface area contributed by atoms with Gasteiger partial charge in [-0.05, 0) is 0 Å². The van der Waals surface area contributed by atoms with Crippen LogP contribution < -0.4 is 0 Å². The van der Waals surface area contributed by atoms with E-state index in [1.165, 1.54) is 0 Å². The number of rotatable bonds is 3. The van der Waals surface area contributed by atoms with Gasteiger partial charge in [-0.1, -0.05) is 0 Å². The maximum Gasteiger partial charge on any atom is 0.152 e. The van der Waals surface area contributed by atoms with Gasteiger partial charge < -0.3 is 4.74 Å². The van der Waals surface area contributed by atoms with Gasteiger partial charge in [-0.2, -0.15) is 5.10 Å². The van der Waals surface area contributed by atoms with E-state index in [4.69, 9.17) is 4.74 Å². The first-order valence-electron chi connectivity index (χ1n) is 3.16. The van der Waals surface area contributed by atoms with Crippen LogP contribution in [0.4, 0.5) is 0 Å². The van der Waals surface area contributed by atoms with Crippen molar-refractivity contribution >= 4 is 12.4 Å². The number of aryl methyl sites for hydroxylation is 1. The smallest absolute Gasteiger partial charge is 0.152 e. The van der Waals surface area contributed by atoms with Crippen molar-refractivity contribution in [2.24, 2.45) is 7.05 Å². The zero-order chi connectivity index (χ0) is 7.40. The van der Waals surface area contributed by atoms with E-state index in [9.17, 15) is 0 Å². The van der Waals surface area contributed by atoms with Crippen LogP contribution in [0, 0.1) is 0 Å². The Labute approximate surface area is 72.0 Å². The van der Waals surface area contributed by atoms with Crippen molar-refractivity contribution in [3.63, 3.8) is 0 Å². The molecule has 5 heteroatoms. The summed E-state index contributed by atoms with van der Waals surface area (Å²) in [6.45, 7) is 0.685. The molecule has 0 radical (unpaired) electrons. The Morgan fingerprint density at radius 1 is 1.64 bits per heavy atom. The molecule has 0 aliphatic carbocycles. The van der Waals surface area contributed by atoms with Crippen molar-refractivity contribution in [1.29, 1.82) is 0 Å². The van der Waals surface area contributed by atoms with Crippen molar-refractivity contribution in [2.45, 2.75) is 6.42 Å². The summed E-state index contributed by atoms with van der Waals surface area (Å²) in [6.07, 6.45) is 2.47. The molecule has 0 unspecified atom stereocenters. The zero-order valence-electron chi connectivity index (χ0n) is 6.65. The minimum absolute atomic E-state index is 0. The van der Waals surface area contributed by atoms with E-state index in [1.807, 2.05) is 7.05 Å². The molecule has 0 aromatic carbocycles. The highest BCUT2D eigenvalue weighted by molar-refractivity contribution is 5.85. The van der Waals surface area contributed by atoms with Gasteiger partial charge in [0, 0.05) is 20.6 Å². The van der Waals surface area contributed by atoms with Gasteiger partial charge in [-0.25, -0.2) is 4.98 Å². The van der Waals surface area contributed by atoms with Gasteiger partial charge in [0.05, 0.1) is 6.61 Å². The van der Waals surface area contributed by atoms with Crippen LogP contribution in [0.1, 0.15) is 5.82 Å². The van der Waals surface area contributed by atoms with Crippen LogP contribution in [0.15, 0.2) is 6.33 Å². The lowest BCUT2D eigenvalue weighted by atomic mass is 10.4. The molecule has 0 saturated carbocycles. The second kappa shape index (κ2) is 5.09. The zero-order valence-corrected chi connectivity index (χ0v) is 7.47. The lowest BCUT2D eigenvalue weighted by Gasteiger charge is -1.91. The molecule has 0 N–H and O–H groups in total. The van der Waals surface area contributed by atoms with Crippen molar-refractivity contribution in [3.05, 3.63) is 12.2 Å². The fourth-order valence-corrected chi connectivity index (χ4v) is 0.692. The molecule has 0 atom stereocenters. The highest BCUT2D eigenvalue weighted by atomic mass is 35.5. The van der Waals surface area contributed by atoms with Gasteiger partial charge in [0.25, 0.3) is 0 Å². The van der Waals surface area contributed by atoms with Crippen LogP contribution >= 0.6 is 12.4 Å². The van der Waals surface area contributed by atoms with Gasteiger partial charge >= 0.3 is 0 Å². The minimum Gasteiger partial charge on any atom is -0.384 e. The molecule has 64 valence electrons. The maximum absolute atomic E-state index is 4.87. The second-order valence-electron chi connectivity index (χ2n) is 2.08. The maximum atomic E-state index is 4.87. The largest absolute Gasteiger partial charge is 0.384 e. The van der Waals surface area contributed by atoms with Crippen molar-refractivity contribution in [1.82, 2.24) is 14.8 Å². The van der Waals surface area contributed by atoms with Gasteiger partial charge in [-0.15, -0.1) is 12.4 Å². The normalized spacial score (nSPS) is 9.27. The molecule has 4 nitrogen and oxygen atoms in total. The number of hydrogen-bond acceptors (Lipinski definition) is 3. The summed E-state index contributed by atoms with van der Waals surface area (Å²) in [5.41, 5.74) is 0. The minimum atomic E-state index is 0. The topological polar surface area (TPSA) is 39.9 Å². The van der Waals surface area contributed by atoms with Gasteiger partial charge in [0.2, 0.25) is 0 Å². The molecule has 1 aromatic rings. The molecule has 1 rings (SSSR count). The quantitative estimate of drug-likeness (QED) is 0.672. The highest BCUT2D eigenvalue weighted by Gasteiger charge is 1.95. The Bertz CT molecular complexity index is 201. The first-order chi connectivity index (χ1) is 4.83. The average Bonchev–Trinajstić information content (AvgIpc) is 2.31. The molecule has 1 aromatic heterocycles. The SMILES string of the molecule is COCCc1ncn(C)n1.Cl. The van der Waals surface area contributed by atoms with E-state index in [0.29, 0.717) is 6.61 Å². The van der Waals surface area contributed by atoms with Crippen LogP contribution in [0.5, 0.6) is 0 Å². The highest BCUT2D eigenvalue weighted by Crippen LogP contribution is 1.88. The number of aromatic nitrogens is 3. The lowest BCUT2D eigenvalue weighted by Crippen LogP contribution is -1.97. The Hall–Kier alpha value is -0.610. The number of methoxy groups -OCH3 is 1. The van der Waals surface area contributed by atoms with E-state index >= 15 is 0 Å². The molecule has 1 heterocycles. The molecule has 0 spiro atoms. The van der Waals surface area contributed by atoms with E-state index in [-0.39, 0.29) is 12.4 Å². The summed E-state index contributed by atoms with van der Waals surface area (Å²) in [4.78, 5) is 4.03. The van der Waals surface area contributed by atoms with Crippen LogP contribution in [0.2, 0.25) is 0 Å². The Morgan fingerprint density at radius 2 is 2.36 bits per heavy atom. The number of hydrogen-bond donors (Lipinski definition) is 0. The standard InChI is InChI=1S/C6H11N3O.ClH/c1-9-5-7-6(8-9)3-4-10-2;/h5H,3-4H2,1-2H3;1H. The number of nitrogens with zero attached hydrogens (tertiary/aromatic N) is 3. The predicted octanol–water partition coefficient (Wildman–Crippen LogP) is 0.426. The second-order valence-corrected chi connectivity index (χ2v) is 2.08. The number of ether oxygens (including phenoxy) is 1. The first kappa shape index (κ1) is 10.4. The van der Waals surface area contributed by atoms with Crippen LogP contribution in [-0.2, 0) is 18.2 Å². The molecule has 0 bridgehead atoms. The van der Waals surface area contributed by atoms with Crippen molar-refractivity contribution in [2.75, 3.05) is 13.7 Å². The average molecular weight is 178 g/mol. The van der Waals surface area contributed by atoms with E-state index in [2.05, 4.69) is 10.1 Å². The van der Waals surface area contributed by atoms with Gasteiger partial charge in [0.1, 0.15) is 6.33 Å². The Balaban J connectivity index is 0.000001000. The first-order valence-corrected chi connectivity index (χ1v) is 3.16. The van der Waals surface area contributed by atoms with Crippen LogP contribution in [0.3, 0.4) is 0 Å². The Morgan fingerprint density at radius 3 is 2.82 bits per heavy atom. The molecule has 0 saturated heterocycles. The van der Waals surface area contributed by atoms with Crippen molar-refractivity contribution in [3.8, 4) is 0 Å². The van der Waals surface area contributed by atoms with Gasteiger partial charge in [-0.3, -0.25) is 4.68 Å². The summed E-state index contributed by atoms with van der Waals surface area (Å²) in [5, 5.41) is 4.07. The summed E-state index contributed by atoms with van der Waals surface area (Å²) in [5.74, 6) is 0.837. The lowest BCUT2D eigenvalue weighted by molar-refractivity contribution is 0.200. The molecule has 0 amide bonds. The third-order valence-electron chi connectivity index (χ3n) is 1.18. The summed E-state index contributed by atoms with van der Waals surface area (Å²) in [7, 11) is 3.52. The number of halogens is 1. The summed E-state index contributed by atoms with van der Waals surface area (Å²) < 4.78 is 6.55. The molecular formula is C6H12ClN3O. The van der Waals surface area contributed by atoms with E-state index in [0.717, 1.165) is 12.2 Å². The predicted molar refractivity (Wildman–Crippen MR) is 43.8 cm³/mol. The van der Waals surface area contributed by atoms with Crippen LogP contribution in [-0.4, -0.2) is 28.5 Å². The molecule has 0 aliphatic rings. The fourth-order valence-electron chi connectivity index (χ4n) is 0.692. The summed E-state index contributed by atoms with van der Waals surface area (Å²) in [6, 6.07) is 0. The van der Waals surface area contributed by atoms with E-state index < -0.39 is 0 Å². The molecule has 0 fully saturated rings. The molecule has 0 aliphatic heterocycles. The monoisotopic (exact) mass is 177 g/mol. The third kappa shape index (κ3) is 3.34. The molecular weight excluding hydrogens is 166 g/mol. The summed E-state index contributed by atoms with van der Waals surface area (Å²) >= 11 is 0. The van der Waals surface area contributed by atoms with Crippen molar-refractivity contribution < 1.29 is 4.74 Å².